The van der Waals surface area contributed by atoms with E-state index in [1.807, 2.05) is 66.3 Å². The first-order chi connectivity index (χ1) is 17.8. The third-order valence-corrected chi connectivity index (χ3v) is 6.40. The van der Waals surface area contributed by atoms with E-state index in [-0.39, 0.29) is 11.1 Å². The van der Waals surface area contributed by atoms with Crippen LogP contribution in [0.4, 0.5) is 0 Å². The van der Waals surface area contributed by atoms with Gasteiger partial charge in [-0.3, -0.25) is 14.7 Å². The fraction of sp³-hybridized carbons (Fsp3) is 0.276. The van der Waals surface area contributed by atoms with E-state index < -0.39 is 6.04 Å². The normalized spacial score (nSPS) is 12.8. The van der Waals surface area contributed by atoms with Crippen LogP contribution in [0.5, 0.6) is 0 Å². The summed E-state index contributed by atoms with van der Waals surface area (Å²) in [6.07, 6.45) is 3.62. The smallest absolute Gasteiger partial charge is 0.253 e. The van der Waals surface area contributed by atoms with Crippen molar-refractivity contribution in [2.24, 2.45) is 0 Å². The van der Waals surface area contributed by atoms with Crippen molar-refractivity contribution in [1.29, 1.82) is 0 Å². The van der Waals surface area contributed by atoms with Crippen LogP contribution in [-0.4, -0.2) is 35.1 Å². The molecule has 188 valence electrons. The molecule has 0 radical (unpaired) electrons. The SMILES string of the molecule is Cc1ccc2[nH]c(=O)c([C@@H](c3nnnn3C(C)(C)C)N(Cc3ccccc3)Cc3cccnc3)cc2c1. The van der Waals surface area contributed by atoms with Gasteiger partial charge in [0.25, 0.3) is 5.56 Å². The predicted molar refractivity (Wildman–Crippen MR) is 144 cm³/mol. The Hall–Kier alpha value is -4.17. The number of aromatic amines is 1. The monoisotopic (exact) mass is 493 g/mol. The Labute approximate surface area is 216 Å². The largest absolute Gasteiger partial charge is 0.322 e. The second-order valence-electron chi connectivity index (χ2n) is 10.4. The van der Waals surface area contributed by atoms with E-state index in [4.69, 9.17) is 0 Å². The highest BCUT2D eigenvalue weighted by Crippen LogP contribution is 2.32. The Balaban J connectivity index is 1.73. The molecule has 5 aromatic rings. The van der Waals surface area contributed by atoms with Gasteiger partial charge in [-0.25, -0.2) is 4.68 Å². The van der Waals surface area contributed by atoms with Crippen LogP contribution in [0.25, 0.3) is 10.9 Å². The van der Waals surface area contributed by atoms with Gasteiger partial charge in [0.05, 0.1) is 5.54 Å². The maximum Gasteiger partial charge on any atom is 0.253 e. The highest BCUT2D eigenvalue weighted by molar-refractivity contribution is 5.79. The van der Waals surface area contributed by atoms with Gasteiger partial charge in [-0.2, -0.15) is 0 Å². The first kappa shape index (κ1) is 24.5. The fourth-order valence-corrected chi connectivity index (χ4v) is 4.67. The van der Waals surface area contributed by atoms with Crippen LogP contribution < -0.4 is 5.56 Å². The Bertz CT molecular complexity index is 1510. The van der Waals surface area contributed by atoms with Crippen LogP contribution in [0.15, 0.2) is 83.9 Å². The van der Waals surface area contributed by atoms with Gasteiger partial charge in [-0.15, -0.1) is 5.10 Å². The summed E-state index contributed by atoms with van der Waals surface area (Å²) in [6, 6.07) is 21.7. The average Bonchev–Trinajstić information content (AvgIpc) is 3.36. The summed E-state index contributed by atoms with van der Waals surface area (Å²) in [5, 5.41) is 13.9. The topological polar surface area (TPSA) is 92.6 Å². The number of fused-ring (bicyclic) bond motifs is 1. The molecule has 0 amide bonds. The highest BCUT2D eigenvalue weighted by atomic mass is 16.1. The van der Waals surface area contributed by atoms with Gasteiger partial charge in [0.2, 0.25) is 0 Å². The molecule has 0 spiro atoms. The Morgan fingerprint density at radius 2 is 1.73 bits per heavy atom. The number of H-pyrrole nitrogens is 1. The van der Waals surface area contributed by atoms with Gasteiger partial charge in [0, 0.05) is 36.6 Å². The molecule has 0 fully saturated rings. The van der Waals surface area contributed by atoms with Gasteiger partial charge >= 0.3 is 0 Å². The fourth-order valence-electron chi connectivity index (χ4n) is 4.67. The lowest BCUT2D eigenvalue weighted by Crippen LogP contribution is -2.37. The third kappa shape index (κ3) is 5.34. The lowest BCUT2D eigenvalue weighted by molar-refractivity contribution is 0.184. The van der Waals surface area contributed by atoms with E-state index in [0.717, 1.165) is 27.6 Å². The van der Waals surface area contributed by atoms with E-state index in [1.54, 1.807) is 6.20 Å². The third-order valence-electron chi connectivity index (χ3n) is 6.40. The van der Waals surface area contributed by atoms with Crippen molar-refractivity contribution < 1.29 is 0 Å². The maximum atomic E-state index is 13.7. The molecule has 8 nitrogen and oxygen atoms in total. The van der Waals surface area contributed by atoms with Gasteiger partial charge in [0.1, 0.15) is 6.04 Å². The van der Waals surface area contributed by atoms with Gasteiger partial charge in [-0.1, -0.05) is 48.0 Å². The van der Waals surface area contributed by atoms with Gasteiger partial charge < -0.3 is 4.98 Å². The molecule has 0 saturated heterocycles. The van der Waals surface area contributed by atoms with Crippen LogP contribution in [0, 0.1) is 6.92 Å². The van der Waals surface area contributed by atoms with Crippen LogP contribution >= 0.6 is 0 Å². The van der Waals surface area contributed by atoms with Gasteiger partial charge in [-0.05, 0) is 78.9 Å². The van der Waals surface area contributed by atoms with Crippen molar-refractivity contribution in [2.45, 2.75) is 52.4 Å². The second-order valence-corrected chi connectivity index (χ2v) is 10.4. The van der Waals surface area contributed by atoms with Crippen molar-refractivity contribution in [1.82, 2.24) is 35.1 Å². The van der Waals surface area contributed by atoms with E-state index in [2.05, 4.69) is 69.4 Å². The zero-order chi connectivity index (χ0) is 26.0. The lowest BCUT2D eigenvalue weighted by atomic mass is 10.00. The van der Waals surface area contributed by atoms with Crippen molar-refractivity contribution in [3.05, 3.63) is 118 Å². The zero-order valence-corrected chi connectivity index (χ0v) is 21.6. The maximum absolute atomic E-state index is 13.7. The Morgan fingerprint density at radius 3 is 2.46 bits per heavy atom. The molecule has 0 unspecified atom stereocenters. The Kier molecular flexibility index (Phi) is 6.67. The molecule has 0 saturated carbocycles. The summed E-state index contributed by atoms with van der Waals surface area (Å²) in [6.45, 7) is 9.35. The molecule has 3 heterocycles. The van der Waals surface area contributed by atoms with E-state index >= 15 is 0 Å². The molecule has 5 rings (SSSR count). The standard InChI is InChI=1S/C29H31N7O/c1-20-12-13-25-23(15-20)16-24(28(37)31-25)26(27-32-33-34-36(27)29(2,3)4)35(18-21-9-6-5-7-10-21)19-22-11-8-14-30-17-22/h5-17,26H,18-19H2,1-4H3,(H,31,37)/t26-/m0/s1. The van der Waals surface area contributed by atoms with Crippen LogP contribution in [0.2, 0.25) is 0 Å². The minimum absolute atomic E-state index is 0.158. The number of pyridine rings is 2. The summed E-state index contributed by atoms with van der Waals surface area (Å²) in [4.78, 5) is 23.3. The number of hydrogen-bond donors (Lipinski definition) is 1. The molecule has 1 atom stereocenters. The molecule has 2 aromatic carbocycles. The predicted octanol–water partition coefficient (Wildman–Crippen LogP) is 4.76. The first-order valence-electron chi connectivity index (χ1n) is 12.4. The number of benzene rings is 2. The van der Waals surface area contributed by atoms with Crippen LogP contribution in [0.1, 0.15) is 54.9 Å². The molecule has 0 aliphatic rings. The highest BCUT2D eigenvalue weighted by Gasteiger charge is 2.33. The zero-order valence-electron chi connectivity index (χ0n) is 21.6. The summed E-state index contributed by atoms with van der Waals surface area (Å²) >= 11 is 0. The molecule has 0 aliphatic carbocycles. The summed E-state index contributed by atoms with van der Waals surface area (Å²) in [7, 11) is 0. The quantitative estimate of drug-likeness (QED) is 0.351. The molecule has 3 aromatic heterocycles. The van der Waals surface area contributed by atoms with E-state index in [9.17, 15) is 4.79 Å². The summed E-state index contributed by atoms with van der Waals surface area (Å²) in [5.41, 5.74) is 4.13. The molecular weight excluding hydrogens is 462 g/mol. The summed E-state index contributed by atoms with van der Waals surface area (Å²) < 4.78 is 1.82. The molecule has 1 N–H and O–H groups in total. The molecule has 8 heteroatoms. The lowest BCUT2D eigenvalue weighted by Gasteiger charge is -2.33. The van der Waals surface area contributed by atoms with Crippen molar-refractivity contribution in [2.75, 3.05) is 0 Å². The average molecular weight is 494 g/mol. The van der Waals surface area contributed by atoms with Crippen LogP contribution in [-0.2, 0) is 18.6 Å². The minimum atomic E-state index is -0.511. The van der Waals surface area contributed by atoms with Crippen molar-refractivity contribution in [3.8, 4) is 0 Å². The number of nitrogens with one attached hydrogen (secondary N) is 1. The number of tetrazole rings is 1. The number of nitrogens with zero attached hydrogens (tertiary/aromatic N) is 6. The van der Waals surface area contributed by atoms with Crippen molar-refractivity contribution in [3.63, 3.8) is 0 Å². The number of hydrogen-bond acceptors (Lipinski definition) is 6. The van der Waals surface area contributed by atoms with Gasteiger partial charge in [0.15, 0.2) is 5.82 Å². The van der Waals surface area contributed by atoms with E-state index in [0.29, 0.717) is 24.5 Å². The first-order valence-corrected chi connectivity index (χ1v) is 12.4. The van der Waals surface area contributed by atoms with Crippen LogP contribution in [0.3, 0.4) is 0 Å². The minimum Gasteiger partial charge on any atom is -0.322 e. The number of aromatic nitrogens is 6. The number of aryl methyl sites for hydroxylation is 1. The molecule has 37 heavy (non-hydrogen) atoms. The molecule has 0 bridgehead atoms. The van der Waals surface area contributed by atoms with E-state index in [1.165, 1.54) is 0 Å². The molecule has 0 aliphatic heterocycles. The summed E-state index contributed by atoms with van der Waals surface area (Å²) in [5.74, 6) is 0.616. The second kappa shape index (κ2) is 10.1. The Morgan fingerprint density at radius 1 is 0.973 bits per heavy atom. The van der Waals surface area contributed by atoms with Crippen molar-refractivity contribution >= 4 is 10.9 Å². The number of rotatable bonds is 7. The molecular formula is C29H31N7O.